The molecule has 0 heterocycles. The second-order valence-corrected chi connectivity index (χ2v) is 6.55. The molecule has 2 atom stereocenters. The SMILES string of the molecule is CCCNC1CCCCC(c2cc(C)c(OC)cc2C)C1. The highest BCUT2D eigenvalue weighted by Gasteiger charge is 2.23. The maximum Gasteiger partial charge on any atom is 0.122 e. The van der Waals surface area contributed by atoms with Crippen molar-refractivity contribution in [2.24, 2.45) is 0 Å². The minimum Gasteiger partial charge on any atom is -0.496 e. The topological polar surface area (TPSA) is 21.3 Å². The maximum absolute atomic E-state index is 5.45. The molecule has 21 heavy (non-hydrogen) atoms. The van der Waals surface area contributed by atoms with Gasteiger partial charge in [-0.2, -0.15) is 0 Å². The van der Waals surface area contributed by atoms with Gasteiger partial charge in [0.25, 0.3) is 0 Å². The van der Waals surface area contributed by atoms with Crippen molar-refractivity contribution in [1.29, 1.82) is 0 Å². The molecule has 0 amide bonds. The van der Waals surface area contributed by atoms with Crippen LogP contribution in [-0.4, -0.2) is 19.7 Å². The number of aryl methyl sites for hydroxylation is 2. The molecule has 0 saturated heterocycles. The Morgan fingerprint density at radius 1 is 1.14 bits per heavy atom. The van der Waals surface area contributed by atoms with Crippen LogP contribution in [-0.2, 0) is 0 Å². The van der Waals surface area contributed by atoms with Crippen LogP contribution >= 0.6 is 0 Å². The highest BCUT2D eigenvalue weighted by Crippen LogP contribution is 2.36. The highest BCUT2D eigenvalue weighted by atomic mass is 16.5. The zero-order valence-electron chi connectivity index (χ0n) is 14.2. The van der Waals surface area contributed by atoms with Gasteiger partial charge in [-0.25, -0.2) is 0 Å². The Labute approximate surface area is 130 Å². The summed E-state index contributed by atoms with van der Waals surface area (Å²) in [5.41, 5.74) is 4.19. The summed E-state index contributed by atoms with van der Waals surface area (Å²) in [4.78, 5) is 0. The van der Waals surface area contributed by atoms with E-state index in [9.17, 15) is 0 Å². The molecule has 0 aromatic heterocycles. The van der Waals surface area contributed by atoms with Gasteiger partial charge in [0.2, 0.25) is 0 Å². The van der Waals surface area contributed by atoms with Gasteiger partial charge in [-0.1, -0.05) is 25.8 Å². The number of rotatable bonds is 5. The molecule has 0 radical (unpaired) electrons. The van der Waals surface area contributed by atoms with Gasteiger partial charge in [0.05, 0.1) is 7.11 Å². The number of hydrogen-bond donors (Lipinski definition) is 1. The molecule has 2 nitrogen and oxygen atoms in total. The predicted molar refractivity (Wildman–Crippen MR) is 90.4 cm³/mol. The van der Waals surface area contributed by atoms with Crippen LogP contribution in [0.5, 0.6) is 5.75 Å². The molecule has 1 aromatic rings. The fourth-order valence-electron chi connectivity index (χ4n) is 3.65. The molecule has 1 N–H and O–H groups in total. The zero-order chi connectivity index (χ0) is 15.2. The van der Waals surface area contributed by atoms with E-state index < -0.39 is 0 Å². The normalized spacial score (nSPS) is 22.9. The quantitative estimate of drug-likeness (QED) is 0.791. The van der Waals surface area contributed by atoms with Crippen molar-refractivity contribution in [3.63, 3.8) is 0 Å². The number of methoxy groups -OCH3 is 1. The summed E-state index contributed by atoms with van der Waals surface area (Å²) in [6, 6.07) is 5.27. The van der Waals surface area contributed by atoms with Crippen molar-refractivity contribution >= 4 is 0 Å². The van der Waals surface area contributed by atoms with Gasteiger partial charge < -0.3 is 10.1 Å². The predicted octanol–water partition coefficient (Wildman–Crippen LogP) is 4.73. The van der Waals surface area contributed by atoms with Gasteiger partial charge in [-0.3, -0.25) is 0 Å². The van der Waals surface area contributed by atoms with Gasteiger partial charge in [0.15, 0.2) is 0 Å². The first kappa shape index (κ1) is 16.4. The molecule has 0 bridgehead atoms. The second kappa shape index (κ2) is 7.84. The van der Waals surface area contributed by atoms with Crippen LogP contribution in [0, 0.1) is 13.8 Å². The van der Waals surface area contributed by atoms with E-state index in [1.807, 2.05) is 0 Å². The van der Waals surface area contributed by atoms with Crippen LogP contribution < -0.4 is 10.1 Å². The molecule has 0 aliphatic heterocycles. The Balaban J connectivity index is 2.17. The van der Waals surface area contributed by atoms with Crippen LogP contribution in [0.15, 0.2) is 12.1 Å². The third-order valence-electron chi connectivity index (χ3n) is 4.83. The van der Waals surface area contributed by atoms with E-state index in [0.717, 1.165) is 12.3 Å². The summed E-state index contributed by atoms with van der Waals surface area (Å²) in [5, 5.41) is 3.74. The summed E-state index contributed by atoms with van der Waals surface area (Å²) >= 11 is 0. The van der Waals surface area contributed by atoms with Crippen LogP contribution in [0.25, 0.3) is 0 Å². The minimum absolute atomic E-state index is 0.694. The Bertz CT molecular complexity index is 455. The first-order valence-corrected chi connectivity index (χ1v) is 8.54. The van der Waals surface area contributed by atoms with Gasteiger partial charge in [0, 0.05) is 6.04 Å². The molecule has 1 aliphatic carbocycles. The smallest absolute Gasteiger partial charge is 0.122 e. The Morgan fingerprint density at radius 2 is 1.90 bits per heavy atom. The monoisotopic (exact) mass is 289 g/mol. The molecule has 2 unspecified atom stereocenters. The molecule has 1 saturated carbocycles. The van der Waals surface area contributed by atoms with Gasteiger partial charge >= 0.3 is 0 Å². The van der Waals surface area contributed by atoms with Crippen LogP contribution in [0.2, 0.25) is 0 Å². The van der Waals surface area contributed by atoms with Crippen molar-refractivity contribution in [3.05, 3.63) is 28.8 Å². The standard InChI is InChI=1S/C19H31NO/c1-5-10-20-17-9-7-6-8-16(13-17)18-11-15(3)19(21-4)12-14(18)2/h11-12,16-17,20H,5-10,13H2,1-4H3. The number of ether oxygens (including phenoxy) is 1. The van der Waals surface area contributed by atoms with E-state index >= 15 is 0 Å². The number of hydrogen-bond acceptors (Lipinski definition) is 2. The van der Waals surface area contributed by atoms with E-state index in [1.54, 1.807) is 12.7 Å². The lowest BCUT2D eigenvalue weighted by Gasteiger charge is -2.24. The van der Waals surface area contributed by atoms with E-state index in [1.165, 1.54) is 49.7 Å². The average molecular weight is 289 g/mol. The summed E-state index contributed by atoms with van der Waals surface area (Å²) < 4.78 is 5.45. The highest BCUT2D eigenvalue weighted by molar-refractivity contribution is 5.43. The average Bonchev–Trinajstić information content (AvgIpc) is 2.72. The molecule has 1 aliphatic rings. The van der Waals surface area contributed by atoms with Gasteiger partial charge in [-0.15, -0.1) is 0 Å². The van der Waals surface area contributed by atoms with Gasteiger partial charge in [-0.05, 0) is 74.8 Å². The summed E-state index contributed by atoms with van der Waals surface area (Å²) in [5.74, 6) is 1.72. The second-order valence-electron chi connectivity index (χ2n) is 6.55. The van der Waals surface area contributed by atoms with E-state index in [-0.39, 0.29) is 0 Å². The molecule has 0 spiro atoms. The molecule has 1 aromatic carbocycles. The third kappa shape index (κ3) is 4.23. The molecule has 2 rings (SSSR count). The Hall–Kier alpha value is -1.02. The van der Waals surface area contributed by atoms with Crippen molar-refractivity contribution in [2.75, 3.05) is 13.7 Å². The molecular formula is C19H31NO. The van der Waals surface area contributed by atoms with Crippen LogP contribution in [0.4, 0.5) is 0 Å². The fraction of sp³-hybridized carbons (Fsp3) is 0.684. The lowest BCUT2D eigenvalue weighted by molar-refractivity contribution is 0.410. The van der Waals surface area contributed by atoms with Crippen molar-refractivity contribution < 1.29 is 4.74 Å². The molecule has 118 valence electrons. The Morgan fingerprint density at radius 3 is 2.62 bits per heavy atom. The lowest BCUT2D eigenvalue weighted by atomic mass is 9.86. The fourth-order valence-corrected chi connectivity index (χ4v) is 3.65. The van der Waals surface area contributed by atoms with Crippen molar-refractivity contribution in [3.8, 4) is 5.75 Å². The van der Waals surface area contributed by atoms with E-state index in [4.69, 9.17) is 4.74 Å². The number of benzene rings is 1. The van der Waals surface area contributed by atoms with Crippen molar-refractivity contribution in [1.82, 2.24) is 5.32 Å². The van der Waals surface area contributed by atoms with E-state index in [0.29, 0.717) is 12.0 Å². The molecule has 2 heteroatoms. The van der Waals surface area contributed by atoms with E-state index in [2.05, 4.69) is 38.2 Å². The summed E-state index contributed by atoms with van der Waals surface area (Å²) in [6.45, 7) is 7.79. The van der Waals surface area contributed by atoms with Crippen LogP contribution in [0.1, 0.15) is 68.1 Å². The zero-order valence-corrected chi connectivity index (χ0v) is 14.2. The van der Waals surface area contributed by atoms with Crippen molar-refractivity contribution in [2.45, 2.75) is 71.3 Å². The molecular weight excluding hydrogens is 258 g/mol. The summed E-state index contributed by atoms with van der Waals surface area (Å²) in [7, 11) is 1.76. The first-order valence-electron chi connectivity index (χ1n) is 8.54. The molecule has 1 fully saturated rings. The van der Waals surface area contributed by atoms with Crippen LogP contribution in [0.3, 0.4) is 0 Å². The largest absolute Gasteiger partial charge is 0.496 e. The third-order valence-corrected chi connectivity index (χ3v) is 4.83. The first-order chi connectivity index (χ1) is 10.2. The minimum atomic E-state index is 0.694. The summed E-state index contributed by atoms with van der Waals surface area (Å²) in [6.07, 6.45) is 7.90. The van der Waals surface area contributed by atoms with Gasteiger partial charge in [0.1, 0.15) is 5.75 Å². The lowest BCUT2D eigenvalue weighted by Crippen LogP contribution is -2.30. The maximum atomic E-state index is 5.45. The Kier molecular flexibility index (Phi) is 6.10. The number of nitrogens with one attached hydrogen (secondary N) is 1.